The monoisotopic (exact) mass is 267 g/mol. The van der Waals surface area contributed by atoms with Crippen LogP contribution < -0.4 is 14.8 Å². The van der Waals surface area contributed by atoms with E-state index in [0.29, 0.717) is 24.7 Å². The van der Waals surface area contributed by atoms with Crippen molar-refractivity contribution in [3.05, 3.63) is 23.8 Å². The molecular formula is C14H21NO4. The van der Waals surface area contributed by atoms with Gasteiger partial charge in [0.05, 0.1) is 14.2 Å². The Hall–Kier alpha value is -1.75. The van der Waals surface area contributed by atoms with Crippen molar-refractivity contribution in [2.75, 3.05) is 34.0 Å². The molecule has 0 aliphatic carbocycles. The third-order valence-corrected chi connectivity index (χ3v) is 2.62. The summed E-state index contributed by atoms with van der Waals surface area (Å²) in [6.45, 7) is 3.09. The molecule has 106 valence electrons. The highest BCUT2D eigenvalue weighted by Gasteiger charge is 2.05. The van der Waals surface area contributed by atoms with Gasteiger partial charge in [-0.3, -0.25) is 4.79 Å². The molecule has 1 rings (SSSR count). The van der Waals surface area contributed by atoms with Gasteiger partial charge < -0.3 is 19.5 Å². The van der Waals surface area contributed by atoms with Gasteiger partial charge in [0.15, 0.2) is 11.5 Å². The van der Waals surface area contributed by atoms with Gasteiger partial charge in [0.1, 0.15) is 6.61 Å². The molecule has 0 saturated carbocycles. The minimum Gasteiger partial charge on any atom is -0.493 e. The molecule has 1 aromatic rings. The normalized spacial score (nSPS) is 10.1. The van der Waals surface area contributed by atoms with E-state index >= 15 is 0 Å². The van der Waals surface area contributed by atoms with Crippen LogP contribution in [-0.2, 0) is 16.0 Å². The molecule has 0 spiro atoms. The molecule has 0 saturated heterocycles. The summed E-state index contributed by atoms with van der Waals surface area (Å²) in [4.78, 5) is 11.3. The fourth-order valence-electron chi connectivity index (χ4n) is 1.63. The van der Waals surface area contributed by atoms with Crippen molar-refractivity contribution in [2.45, 2.75) is 13.3 Å². The molecule has 19 heavy (non-hydrogen) atoms. The topological polar surface area (TPSA) is 56.8 Å². The average Bonchev–Trinajstić information content (AvgIpc) is 2.44. The van der Waals surface area contributed by atoms with E-state index in [4.69, 9.17) is 14.2 Å². The number of ether oxygens (including phenoxy) is 3. The minimum atomic E-state index is -0.0951. The molecule has 0 atom stereocenters. The highest BCUT2D eigenvalue weighted by atomic mass is 16.5. The maximum atomic E-state index is 11.3. The van der Waals surface area contributed by atoms with E-state index in [1.54, 1.807) is 14.2 Å². The largest absolute Gasteiger partial charge is 0.493 e. The molecule has 0 aromatic heterocycles. The minimum absolute atomic E-state index is 0.0951. The van der Waals surface area contributed by atoms with Gasteiger partial charge >= 0.3 is 0 Å². The zero-order chi connectivity index (χ0) is 14.1. The number of amides is 1. The van der Waals surface area contributed by atoms with Gasteiger partial charge in [0.2, 0.25) is 5.91 Å². The highest BCUT2D eigenvalue weighted by Crippen LogP contribution is 2.27. The van der Waals surface area contributed by atoms with E-state index < -0.39 is 0 Å². The first-order chi connectivity index (χ1) is 9.21. The van der Waals surface area contributed by atoms with Crippen LogP contribution in [0.5, 0.6) is 11.5 Å². The zero-order valence-corrected chi connectivity index (χ0v) is 11.7. The van der Waals surface area contributed by atoms with Crippen LogP contribution in [0.25, 0.3) is 0 Å². The quantitative estimate of drug-likeness (QED) is 0.773. The van der Waals surface area contributed by atoms with Gasteiger partial charge in [-0.25, -0.2) is 0 Å². The van der Waals surface area contributed by atoms with Gasteiger partial charge in [0, 0.05) is 13.2 Å². The van der Waals surface area contributed by atoms with Gasteiger partial charge in [-0.15, -0.1) is 0 Å². The lowest BCUT2D eigenvalue weighted by Gasteiger charge is -2.10. The van der Waals surface area contributed by atoms with Crippen molar-refractivity contribution in [3.8, 4) is 11.5 Å². The number of hydrogen-bond donors (Lipinski definition) is 1. The fraction of sp³-hybridized carbons (Fsp3) is 0.500. The average molecular weight is 267 g/mol. The lowest BCUT2D eigenvalue weighted by molar-refractivity contribution is -0.125. The summed E-state index contributed by atoms with van der Waals surface area (Å²) in [6.07, 6.45) is 0.734. The molecular weight excluding hydrogens is 246 g/mol. The summed E-state index contributed by atoms with van der Waals surface area (Å²) in [5.41, 5.74) is 1.08. The Morgan fingerprint density at radius 1 is 1.21 bits per heavy atom. The number of hydrogen-bond acceptors (Lipinski definition) is 4. The first kappa shape index (κ1) is 15.3. The van der Waals surface area contributed by atoms with Gasteiger partial charge in [-0.05, 0) is 31.0 Å². The first-order valence-corrected chi connectivity index (χ1v) is 6.26. The van der Waals surface area contributed by atoms with Crippen LogP contribution in [0.15, 0.2) is 18.2 Å². The Labute approximate surface area is 113 Å². The maximum absolute atomic E-state index is 11.3. The molecule has 5 nitrogen and oxygen atoms in total. The zero-order valence-electron chi connectivity index (χ0n) is 11.7. The Balaban J connectivity index is 2.43. The van der Waals surface area contributed by atoms with E-state index in [2.05, 4.69) is 5.32 Å². The molecule has 5 heteroatoms. The lowest BCUT2D eigenvalue weighted by atomic mass is 10.1. The Morgan fingerprint density at radius 3 is 2.58 bits per heavy atom. The first-order valence-electron chi connectivity index (χ1n) is 6.26. The van der Waals surface area contributed by atoms with Crippen LogP contribution in [0.1, 0.15) is 12.5 Å². The number of methoxy groups -OCH3 is 2. The molecule has 0 radical (unpaired) electrons. The summed E-state index contributed by atoms with van der Waals surface area (Å²) < 4.78 is 15.4. The van der Waals surface area contributed by atoms with Crippen molar-refractivity contribution in [3.63, 3.8) is 0 Å². The summed E-state index contributed by atoms with van der Waals surface area (Å²) in [5, 5.41) is 2.80. The predicted molar refractivity (Wildman–Crippen MR) is 72.8 cm³/mol. The van der Waals surface area contributed by atoms with Crippen molar-refractivity contribution >= 4 is 5.91 Å². The van der Waals surface area contributed by atoms with Crippen LogP contribution in [0, 0.1) is 0 Å². The third-order valence-electron chi connectivity index (χ3n) is 2.62. The van der Waals surface area contributed by atoms with Crippen molar-refractivity contribution in [1.29, 1.82) is 0 Å². The van der Waals surface area contributed by atoms with Crippen LogP contribution >= 0.6 is 0 Å². The van der Waals surface area contributed by atoms with E-state index in [1.165, 1.54) is 0 Å². The van der Waals surface area contributed by atoms with Crippen LogP contribution in [0.2, 0.25) is 0 Å². The fourth-order valence-corrected chi connectivity index (χ4v) is 1.63. The van der Waals surface area contributed by atoms with E-state index in [1.807, 2.05) is 25.1 Å². The SMILES string of the molecule is CCOCC(=O)NCCc1ccc(OC)c(OC)c1. The molecule has 0 aliphatic heterocycles. The lowest BCUT2D eigenvalue weighted by Crippen LogP contribution is -2.29. The number of carbonyl (C=O) groups is 1. The molecule has 1 N–H and O–H groups in total. The van der Waals surface area contributed by atoms with Gasteiger partial charge in [-0.1, -0.05) is 6.07 Å². The van der Waals surface area contributed by atoms with Crippen molar-refractivity contribution < 1.29 is 19.0 Å². The van der Waals surface area contributed by atoms with E-state index in [-0.39, 0.29) is 12.5 Å². The summed E-state index contributed by atoms with van der Waals surface area (Å²) in [5.74, 6) is 1.30. The summed E-state index contributed by atoms with van der Waals surface area (Å²) in [7, 11) is 3.21. The van der Waals surface area contributed by atoms with Crippen LogP contribution in [0.4, 0.5) is 0 Å². The Kier molecular flexibility index (Phi) is 6.74. The Bertz CT molecular complexity index is 406. The number of rotatable bonds is 8. The third kappa shape index (κ3) is 5.18. The summed E-state index contributed by atoms with van der Waals surface area (Å²) >= 11 is 0. The van der Waals surface area contributed by atoms with Crippen molar-refractivity contribution in [1.82, 2.24) is 5.32 Å². The predicted octanol–water partition coefficient (Wildman–Crippen LogP) is 1.40. The molecule has 0 heterocycles. The molecule has 1 aromatic carbocycles. The molecule has 0 aliphatic rings. The second-order valence-electron chi connectivity index (χ2n) is 3.93. The maximum Gasteiger partial charge on any atom is 0.246 e. The number of carbonyl (C=O) groups excluding carboxylic acids is 1. The second kappa shape index (κ2) is 8.37. The van der Waals surface area contributed by atoms with E-state index in [0.717, 1.165) is 12.0 Å². The second-order valence-corrected chi connectivity index (χ2v) is 3.93. The van der Waals surface area contributed by atoms with Crippen molar-refractivity contribution in [2.24, 2.45) is 0 Å². The Morgan fingerprint density at radius 2 is 1.95 bits per heavy atom. The smallest absolute Gasteiger partial charge is 0.246 e. The standard InChI is InChI=1S/C14H21NO4/c1-4-19-10-14(16)15-8-7-11-5-6-12(17-2)13(9-11)18-3/h5-6,9H,4,7-8,10H2,1-3H3,(H,15,16). The van der Waals surface area contributed by atoms with Gasteiger partial charge in [-0.2, -0.15) is 0 Å². The number of nitrogens with one attached hydrogen (secondary N) is 1. The summed E-state index contributed by atoms with van der Waals surface area (Å²) in [6, 6.07) is 5.72. The van der Waals surface area contributed by atoms with Gasteiger partial charge in [0.25, 0.3) is 0 Å². The molecule has 0 bridgehead atoms. The molecule has 0 fully saturated rings. The number of benzene rings is 1. The molecule has 0 unspecified atom stereocenters. The van der Waals surface area contributed by atoms with Crippen LogP contribution in [-0.4, -0.2) is 39.9 Å². The highest BCUT2D eigenvalue weighted by molar-refractivity contribution is 5.77. The molecule has 1 amide bonds. The van der Waals surface area contributed by atoms with E-state index in [9.17, 15) is 4.79 Å². The van der Waals surface area contributed by atoms with Crippen LogP contribution in [0.3, 0.4) is 0 Å².